The highest BCUT2D eigenvalue weighted by Crippen LogP contribution is 2.26. The quantitative estimate of drug-likeness (QED) is 0.448. The Morgan fingerprint density at radius 2 is 1.81 bits per heavy atom. The number of benzene rings is 2. The lowest BCUT2D eigenvalue weighted by Crippen LogP contribution is -2.36. The Kier molecular flexibility index (Phi) is 4.93. The highest BCUT2D eigenvalue weighted by atomic mass is 16.5. The van der Waals surface area contributed by atoms with Crippen molar-refractivity contribution in [2.45, 2.75) is 19.9 Å². The first-order valence-electron chi connectivity index (χ1n) is 8.32. The van der Waals surface area contributed by atoms with Crippen LogP contribution in [0.1, 0.15) is 18.1 Å². The minimum atomic E-state index is -0.552. The van der Waals surface area contributed by atoms with Gasteiger partial charge in [0.2, 0.25) is 0 Å². The number of aryl methyl sites for hydroxylation is 1. The Bertz CT molecular complexity index is 1000. The largest absolute Gasteiger partial charge is 0.508 e. The molecule has 0 atom stereocenters. The Morgan fingerprint density at radius 3 is 2.54 bits per heavy atom. The summed E-state index contributed by atoms with van der Waals surface area (Å²) in [4.78, 5) is 23.8. The molecule has 0 fully saturated rings. The van der Waals surface area contributed by atoms with Crippen molar-refractivity contribution in [2.24, 2.45) is 0 Å². The lowest BCUT2D eigenvalue weighted by molar-refractivity contribution is 0.414. The van der Waals surface area contributed by atoms with Crippen molar-refractivity contribution in [3.05, 3.63) is 74.0 Å². The van der Waals surface area contributed by atoms with Crippen molar-refractivity contribution < 1.29 is 9.84 Å². The van der Waals surface area contributed by atoms with Crippen LogP contribution in [0.4, 0.5) is 17.1 Å². The number of hydrogen-bond acceptors (Lipinski definition) is 6. The molecule has 3 aromatic rings. The Morgan fingerprint density at radius 1 is 1.04 bits per heavy atom. The van der Waals surface area contributed by atoms with Gasteiger partial charge in [-0.25, -0.2) is 0 Å². The van der Waals surface area contributed by atoms with Crippen LogP contribution in [0, 0.1) is 0 Å². The van der Waals surface area contributed by atoms with E-state index in [1.54, 1.807) is 25.3 Å². The van der Waals surface area contributed by atoms with E-state index in [1.807, 2.05) is 31.2 Å². The molecule has 26 heavy (non-hydrogen) atoms. The molecule has 0 heterocycles. The van der Waals surface area contributed by atoms with Crippen LogP contribution in [0.2, 0.25) is 0 Å². The van der Waals surface area contributed by atoms with Crippen LogP contribution in [0.25, 0.3) is 0 Å². The molecule has 3 rings (SSSR count). The summed E-state index contributed by atoms with van der Waals surface area (Å²) in [6, 6.07) is 12.5. The van der Waals surface area contributed by atoms with Crippen LogP contribution in [0.5, 0.6) is 11.5 Å². The standard InChI is InChI=1S/C20H20N2O4/c1-3-13-10-14(7-8-16(13)23)22-18-17(19(24)20(18)25)21-11-12-5-4-6-15(9-12)26-2/h4-10,21-23H,3,11H2,1-2H3. The molecule has 6 heteroatoms. The Labute approximate surface area is 150 Å². The van der Waals surface area contributed by atoms with Gasteiger partial charge in [0, 0.05) is 12.2 Å². The molecular weight excluding hydrogens is 332 g/mol. The van der Waals surface area contributed by atoms with Crippen molar-refractivity contribution >= 4 is 17.1 Å². The van der Waals surface area contributed by atoms with Gasteiger partial charge in [-0.2, -0.15) is 0 Å². The van der Waals surface area contributed by atoms with Gasteiger partial charge in [-0.05, 0) is 47.9 Å². The minimum absolute atomic E-state index is 0.208. The average molecular weight is 352 g/mol. The van der Waals surface area contributed by atoms with Gasteiger partial charge < -0.3 is 20.5 Å². The van der Waals surface area contributed by atoms with Gasteiger partial charge in [0.15, 0.2) is 0 Å². The average Bonchev–Trinajstić information content (AvgIpc) is 2.68. The van der Waals surface area contributed by atoms with Gasteiger partial charge >= 0.3 is 0 Å². The fraction of sp³-hybridized carbons (Fsp3) is 0.200. The molecule has 0 unspecified atom stereocenters. The molecule has 0 aliphatic carbocycles. The summed E-state index contributed by atoms with van der Waals surface area (Å²) >= 11 is 0. The Balaban J connectivity index is 1.77. The molecule has 0 saturated heterocycles. The van der Waals surface area contributed by atoms with Crippen LogP contribution in [0.3, 0.4) is 0 Å². The third kappa shape index (κ3) is 3.39. The molecule has 134 valence electrons. The van der Waals surface area contributed by atoms with E-state index in [9.17, 15) is 14.7 Å². The first-order chi connectivity index (χ1) is 12.5. The molecule has 0 aliphatic heterocycles. The molecule has 0 radical (unpaired) electrons. The van der Waals surface area contributed by atoms with E-state index in [4.69, 9.17) is 4.74 Å². The van der Waals surface area contributed by atoms with Crippen LogP contribution < -0.4 is 26.2 Å². The molecule has 3 N–H and O–H groups in total. The third-order valence-electron chi connectivity index (χ3n) is 4.24. The van der Waals surface area contributed by atoms with E-state index in [2.05, 4.69) is 10.6 Å². The lowest BCUT2D eigenvalue weighted by atomic mass is 10.1. The number of aromatic hydroxyl groups is 1. The predicted molar refractivity (Wildman–Crippen MR) is 102 cm³/mol. The van der Waals surface area contributed by atoms with Crippen molar-refractivity contribution in [2.75, 3.05) is 17.7 Å². The zero-order valence-corrected chi connectivity index (χ0v) is 14.6. The smallest absolute Gasteiger partial charge is 0.253 e. The molecule has 0 aliphatic rings. The molecule has 0 spiro atoms. The first-order valence-corrected chi connectivity index (χ1v) is 8.32. The zero-order chi connectivity index (χ0) is 18.7. The fourth-order valence-electron chi connectivity index (χ4n) is 2.74. The lowest BCUT2D eigenvalue weighted by Gasteiger charge is -2.16. The Hall–Kier alpha value is -3.28. The number of nitrogens with one attached hydrogen (secondary N) is 2. The molecule has 6 nitrogen and oxygen atoms in total. The molecule has 0 bridgehead atoms. The maximum absolute atomic E-state index is 11.9. The summed E-state index contributed by atoms with van der Waals surface area (Å²) in [5.41, 5.74) is 1.76. The second-order valence-electron chi connectivity index (χ2n) is 5.94. The number of hydrogen-bond donors (Lipinski definition) is 3. The third-order valence-corrected chi connectivity index (χ3v) is 4.24. The fourth-order valence-corrected chi connectivity index (χ4v) is 2.74. The van der Waals surface area contributed by atoms with Crippen LogP contribution in [-0.4, -0.2) is 12.2 Å². The van der Waals surface area contributed by atoms with Crippen molar-refractivity contribution in [3.8, 4) is 11.5 Å². The topological polar surface area (TPSA) is 87.7 Å². The van der Waals surface area contributed by atoms with E-state index in [-0.39, 0.29) is 17.1 Å². The van der Waals surface area contributed by atoms with Crippen molar-refractivity contribution in [1.29, 1.82) is 0 Å². The van der Waals surface area contributed by atoms with E-state index in [0.717, 1.165) is 16.9 Å². The van der Waals surface area contributed by atoms with E-state index < -0.39 is 10.9 Å². The minimum Gasteiger partial charge on any atom is -0.508 e. The number of phenols is 1. The molecule has 0 saturated carbocycles. The highest BCUT2D eigenvalue weighted by Gasteiger charge is 2.21. The zero-order valence-electron chi connectivity index (χ0n) is 14.6. The van der Waals surface area contributed by atoms with E-state index in [1.165, 1.54) is 0 Å². The summed E-state index contributed by atoms with van der Waals surface area (Å²) in [7, 11) is 1.59. The SMILES string of the molecule is CCc1cc(Nc2c(NCc3cccc(OC)c3)c(=O)c2=O)ccc1O. The van der Waals surface area contributed by atoms with E-state index >= 15 is 0 Å². The van der Waals surface area contributed by atoms with Crippen molar-refractivity contribution in [1.82, 2.24) is 0 Å². The normalized spacial score (nSPS) is 10.7. The predicted octanol–water partition coefficient (Wildman–Crippen LogP) is 2.91. The highest BCUT2D eigenvalue weighted by molar-refractivity contribution is 5.79. The van der Waals surface area contributed by atoms with Crippen molar-refractivity contribution in [3.63, 3.8) is 0 Å². The molecule has 0 amide bonds. The monoisotopic (exact) mass is 352 g/mol. The number of rotatable bonds is 7. The number of ether oxygens (including phenoxy) is 1. The van der Waals surface area contributed by atoms with Gasteiger partial charge in [0.1, 0.15) is 22.9 Å². The number of methoxy groups -OCH3 is 1. The summed E-state index contributed by atoms with van der Waals surface area (Å²) in [5, 5.41) is 15.8. The molecule has 0 aromatic heterocycles. The second-order valence-corrected chi connectivity index (χ2v) is 5.94. The summed E-state index contributed by atoms with van der Waals surface area (Å²) in [6.45, 7) is 2.32. The maximum atomic E-state index is 11.9. The number of phenolic OH excluding ortho intramolecular Hbond substituents is 1. The van der Waals surface area contributed by atoms with Crippen LogP contribution in [0.15, 0.2) is 52.1 Å². The van der Waals surface area contributed by atoms with E-state index in [0.29, 0.717) is 18.7 Å². The second kappa shape index (κ2) is 7.31. The van der Waals surface area contributed by atoms with Crippen LogP contribution >= 0.6 is 0 Å². The van der Waals surface area contributed by atoms with Crippen LogP contribution in [-0.2, 0) is 13.0 Å². The molecular formula is C20H20N2O4. The molecule has 3 aromatic carbocycles. The number of anilines is 3. The van der Waals surface area contributed by atoms with Gasteiger partial charge in [-0.3, -0.25) is 9.59 Å². The van der Waals surface area contributed by atoms with Gasteiger partial charge in [-0.1, -0.05) is 19.1 Å². The summed E-state index contributed by atoms with van der Waals surface area (Å²) in [5.74, 6) is 0.934. The van der Waals surface area contributed by atoms with Gasteiger partial charge in [-0.15, -0.1) is 0 Å². The van der Waals surface area contributed by atoms with Gasteiger partial charge in [0.25, 0.3) is 10.9 Å². The summed E-state index contributed by atoms with van der Waals surface area (Å²) < 4.78 is 5.18. The maximum Gasteiger partial charge on any atom is 0.253 e. The summed E-state index contributed by atoms with van der Waals surface area (Å²) in [6.07, 6.45) is 0.661. The van der Waals surface area contributed by atoms with Gasteiger partial charge in [0.05, 0.1) is 7.11 Å². The first kappa shape index (κ1) is 17.5.